The van der Waals surface area contributed by atoms with E-state index in [4.69, 9.17) is 17.3 Å². The number of likely N-dealkylation sites (tertiary alicyclic amines) is 1. The van der Waals surface area contributed by atoms with Crippen LogP contribution in [-0.2, 0) is 0 Å². The van der Waals surface area contributed by atoms with Gasteiger partial charge in [0.2, 0.25) is 0 Å². The molecule has 0 aliphatic carbocycles. The Kier molecular flexibility index (Phi) is 5.25. The summed E-state index contributed by atoms with van der Waals surface area (Å²) in [6.07, 6.45) is 4.13. The van der Waals surface area contributed by atoms with Gasteiger partial charge in [0.15, 0.2) is 0 Å². The maximum atomic E-state index is 12.6. The molecule has 19 heavy (non-hydrogen) atoms. The van der Waals surface area contributed by atoms with Gasteiger partial charge >= 0.3 is 0 Å². The molecule has 0 aromatic heterocycles. The lowest BCUT2D eigenvalue weighted by Crippen LogP contribution is -2.44. The van der Waals surface area contributed by atoms with Crippen molar-refractivity contribution < 1.29 is 4.79 Å². The van der Waals surface area contributed by atoms with Gasteiger partial charge in [-0.2, -0.15) is 0 Å². The molecule has 1 heterocycles. The molecule has 2 rings (SSSR count). The van der Waals surface area contributed by atoms with Crippen LogP contribution in [0.2, 0.25) is 5.02 Å². The van der Waals surface area contributed by atoms with Gasteiger partial charge < -0.3 is 10.6 Å². The first-order valence-electron chi connectivity index (χ1n) is 6.59. The third-order valence-electron chi connectivity index (χ3n) is 3.55. The van der Waals surface area contributed by atoms with Gasteiger partial charge in [-0.1, -0.05) is 27.5 Å². The Hall–Kier alpha value is -0.580. The Balaban J connectivity index is 2.21. The summed E-state index contributed by atoms with van der Waals surface area (Å²) in [4.78, 5) is 14.5. The number of nitrogens with zero attached hydrogens (tertiary/aromatic N) is 1. The maximum Gasteiger partial charge on any atom is 0.255 e. The summed E-state index contributed by atoms with van der Waals surface area (Å²) in [5.41, 5.74) is 6.22. The van der Waals surface area contributed by atoms with E-state index in [1.165, 1.54) is 6.42 Å². The number of carbonyl (C=O) groups excluding carboxylic acids is 1. The van der Waals surface area contributed by atoms with Crippen LogP contribution in [0.3, 0.4) is 0 Å². The zero-order valence-corrected chi connectivity index (χ0v) is 13.1. The van der Waals surface area contributed by atoms with Crippen LogP contribution in [0.1, 0.15) is 36.0 Å². The summed E-state index contributed by atoms with van der Waals surface area (Å²) in [6, 6.07) is 5.64. The van der Waals surface area contributed by atoms with Crippen molar-refractivity contribution in [3.8, 4) is 0 Å². The molecule has 2 N–H and O–H groups in total. The quantitative estimate of drug-likeness (QED) is 0.912. The van der Waals surface area contributed by atoms with Gasteiger partial charge in [-0.15, -0.1) is 0 Å². The number of hydrogen-bond donors (Lipinski definition) is 1. The molecule has 1 fully saturated rings. The molecule has 1 unspecified atom stereocenters. The summed E-state index contributed by atoms with van der Waals surface area (Å²) in [5, 5.41) is 0.497. The highest BCUT2D eigenvalue weighted by Gasteiger charge is 2.27. The Bertz CT molecular complexity index is 465. The van der Waals surface area contributed by atoms with Crippen molar-refractivity contribution in [3.63, 3.8) is 0 Å². The predicted molar refractivity (Wildman–Crippen MR) is 81.5 cm³/mol. The fourth-order valence-electron chi connectivity index (χ4n) is 2.58. The highest BCUT2D eigenvalue weighted by molar-refractivity contribution is 9.10. The summed E-state index contributed by atoms with van der Waals surface area (Å²) in [5.74, 6) is 0.0238. The number of piperidine rings is 1. The highest BCUT2D eigenvalue weighted by Crippen LogP contribution is 2.26. The third-order valence-corrected chi connectivity index (χ3v) is 4.36. The minimum Gasteiger partial charge on any atom is -0.336 e. The van der Waals surface area contributed by atoms with Crippen molar-refractivity contribution in [2.45, 2.75) is 31.7 Å². The van der Waals surface area contributed by atoms with Crippen LogP contribution in [-0.4, -0.2) is 29.9 Å². The number of nitrogens with two attached hydrogens (primary N) is 1. The van der Waals surface area contributed by atoms with Gasteiger partial charge in [0.25, 0.3) is 5.91 Å². The molecule has 5 heteroatoms. The SMILES string of the molecule is NCCC1CCCCN1C(=O)c1ccc(Br)cc1Cl. The molecule has 1 amide bonds. The fraction of sp³-hybridized carbons (Fsp3) is 0.500. The monoisotopic (exact) mass is 344 g/mol. The van der Waals surface area contributed by atoms with Gasteiger partial charge in [0.05, 0.1) is 10.6 Å². The lowest BCUT2D eigenvalue weighted by atomic mass is 9.98. The largest absolute Gasteiger partial charge is 0.336 e. The first-order valence-corrected chi connectivity index (χ1v) is 7.76. The van der Waals surface area contributed by atoms with Gasteiger partial charge in [0.1, 0.15) is 0 Å². The minimum atomic E-state index is 0.0238. The molecular formula is C14H18BrClN2O. The van der Waals surface area contributed by atoms with E-state index < -0.39 is 0 Å². The minimum absolute atomic E-state index is 0.0238. The molecule has 1 aromatic rings. The number of benzene rings is 1. The zero-order chi connectivity index (χ0) is 13.8. The van der Waals surface area contributed by atoms with Crippen LogP contribution in [0.15, 0.2) is 22.7 Å². The second-order valence-electron chi connectivity index (χ2n) is 4.85. The van der Waals surface area contributed by atoms with E-state index >= 15 is 0 Å². The Morgan fingerprint density at radius 2 is 2.26 bits per heavy atom. The van der Waals surface area contributed by atoms with E-state index in [0.717, 1.165) is 30.3 Å². The van der Waals surface area contributed by atoms with Crippen molar-refractivity contribution in [2.75, 3.05) is 13.1 Å². The molecule has 3 nitrogen and oxygen atoms in total. The van der Waals surface area contributed by atoms with Crippen molar-refractivity contribution in [2.24, 2.45) is 5.73 Å². The molecule has 1 saturated heterocycles. The molecule has 104 valence electrons. The number of amides is 1. The van der Waals surface area contributed by atoms with E-state index in [1.807, 2.05) is 11.0 Å². The van der Waals surface area contributed by atoms with Gasteiger partial charge in [0, 0.05) is 17.1 Å². The van der Waals surface area contributed by atoms with Crippen LogP contribution in [0.5, 0.6) is 0 Å². The smallest absolute Gasteiger partial charge is 0.255 e. The molecule has 0 bridgehead atoms. The average molecular weight is 346 g/mol. The van der Waals surface area contributed by atoms with E-state index in [0.29, 0.717) is 17.1 Å². The summed E-state index contributed by atoms with van der Waals surface area (Å²) >= 11 is 9.52. The van der Waals surface area contributed by atoms with Crippen molar-refractivity contribution in [1.29, 1.82) is 0 Å². The molecule has 1 atom stereocenters. The molecule has 0 saturated carbocycles. The van der Waals surface area contributed by atoms with Crippen LogP contribution in [0.25, 0.3) is 0 Å². The molecule has 0 spiro atoms. The number of hydrogen-bond acceptors (Lipinski definition) is 2. The molecule has 1 aliphatic rings. The van der Waals surface area contributed by atoms with E-state index in [-0.39, 0.29) is 11.9 Å². The van der Waals surface area contributed by atoms with Crippen molar-refractivity contribution >= 4 is 33.4 Å². The Morgan fingerprint density at radius 3 is 2.95 bits per heavy atom. The normalized spacial score (nSPS) is 19.5. The van der Waals surface area contributed by atoms with Crippen LogP contribution < -0.4 is 5.73 Å². The first-order chi connectivity index (χ1) is 9.13. The van der Waals surface area contributed by atoms with Gasteiger partial charge in [-0.05, 0) is 50.4 Å². The average Bonchev–Trinajstić information content (AvgIpc) is 2.39. The summed E-state index contributed by atoms with van der Waals surface area (Å²) in [7, 11) is 0. The van der Waals surface area contributed by atoms with E-state index in [2.05, 4.69) is 15.9 Å². The topological polar surface area (TPSA) is 46.3 Å². The Morgan fingerprint density at radius 1 is 1.47 bits per heavy atom. The third kappa shape index (κ3) is 3.50. The van der Waals surface area contributed by atoms with Crippen molar-refractivity contribution in [1.82, 2.24) is 4.90 Å². The van der Waals surface area contributed by atoms with Gasteiger partial charge in [-0.3, -0.25) is 4.79 Å². The first kappa shape index (κ1) is 14.8. The second-order valence-corrected chi connectivity index (χ2v) is 6.17. The summed E-state index contributed by atoms with van der Waals surface area (Å²) in [6.45, 7) is 1.42. The van der Waals surface area contributed by atoms with Crippen LogP contribution in [0, 0.1) is 0 Å². The lowest BCUT2D eigenvalue weighted by molar-refractivity contribution is 0.0605. The molecule has 1 aliphatic heterocycles. The molecule has 1 aromatic carbocycles. The predicted octanol–water partition coefficient (Wildman–Crippen LogP) is 3.45. The standard InChI is InChI=1S/C14H18BrClN2O/c15-10-4-5-12(13(16)9-10)14(19)18-8-2-1-3-11(18)6-7-17/h4-5,9,11H,1-3,6-8,17H2. The van der Waals surface area contributed by atoms with Crippen LogP contribution in [0.4, 0.5) is 0 Å². The fourth-order valence-corrected chi connectivity index (χ4v) is 3.33. The number of halogens is 2. The maximum absolute atomic E-state index is 12.6. The second kappa shape index (κ2) is 6.73. The van der Waals surface area contributed by atoms with Crippen molar-refractivity contribution in [3.05, 3.63) is 33.3 Å². The van der Waals surface area contributed by atoms with Gasteiger partial charge in [-0.25, -0.2) is 0 Å². The zero-order valence-electron chi connectivity index (χ0n) is 10.7. The van der Waals surface area contributed by atoms with Crippen LogP contribution >= 0.6 is 27.5 Å². The molecule has 0 radical (unpaired) electrons. The van der Waals surface area contributed by atoms with E-state index in [1.54, 1.807) is 12.1 Å². The summed E-state index contributed by atoms with van der Waals surface area (Å²) < 4.78 is 0.881. The Labute approximate surface area is 127 Å². The lowest BCUT2D eigenvalue weighted by Gasteiger charge is -2.36. The molecular weight excluding hydrogens is 328 g/mol. The van der Waals surface area contributed by atoms with E-state index in [9.17, 15) is 4.79 Å². The highest BCUT2D eigenvalue weighted by atomic mass is 79.9. The number of carbonyl (C=O) groups is 1. The number of rotatable bonds is 3.